The molecule has 2 aliphatic rings. The van der Waals surface area contributed by atoms with E-state index in [0.29, 0.717) is 44.9 Å². The number of fused-ring (bicyclic) bond motifs is 2. The third-order valence-electron chi connectivity index (χ3n) is 8.42. The van der Waals surface area contributed by atoms with Crippen LogP contribution < -0.4 is 4.90 Å². The van der Waals surface area contributed by atoms with Gasteiger partial charge in [-0.15, -0.1) is 0 Å². The van der Waals surface area contributed by atoms with Crippen molar-refractivity contribution >= 4 is 57.4 Å². The number of nitro benzene ring substituents is 1. The number of allylic oxidation sites excluding steroid dienone is 2. The highest BCUT2D eigenvalue weighted by molar-refractivity contribution is 6.32. The van der Waals surface area contributed by atoms with E-state index in [1.807, 2.05) is 19.1 Å². The Morgan fingerprint density at radius 2 is 1.76 bits per heavy atom. The molecule has 1 aliphatic carbocycles. The summed E-state index contributed by atoms with van der Waals surface area (Å²) in [5.74, 6) is -2.48. The van der Waals surface area contributed by atoms with Gasteiger partial charge >= 0.3 is 5.97 Å². The number of anilines is 1. The molecule has 0 saturated carbocycles. The maximum Gasteiger partial charge on any atom is 0.339 e. The number of esters is 1. The van der Waals surface area contributed by atoms with Crippen molar-refractivity contribution in [3.05, 3.63) is 111 Å². The molecule has 2 amide bonds. The van der Waals surface area contributed by atoms with E-state index in [2.05, 4.69) is 0 Å². The molecule has 2 heterocycles. The highest BCUT2D eigenvalue weighted by Gasteiger charge is 2.50. The van der Waals surface area contributed by atoms with Gasteiger partial charge in [0, 0.05) is 33.7 Å². The standard InChI is InChI=1S/C34H26ClN3O7/c1-18-4-3-5-25-30(18)33(41)37(32(25)40)22-10-6-20(7-11-22)28-16-26(24-14-15-27(35)19(2)31(24)36-28)34(42)45-17-29(39)21-8-12-23(13-9-21)38(43)44/h3-4,6-16,18,25,30H,5,17H2,1-2H3. The number of rotatable bonds is 7. The van der Waals surface area contributed by atoms with E-state index in [0.717, 1.165) is 0 Å². The SMILES string of the molecule is Cc1c(Cl)ccc2c(C(=O)OCC(=O)c3ccc([N+](=O)[O-])cc3)cc(-c3ccc(N4C(=O)C5CC=CC(C)C5C4=O)cc3)nc12. The van der Waals surface area contributed by atoms with Crippen LogP contribution in [-0.4, -0.2) is 40.1 Å². The van der Waals surface area contributed by atoms with Gasteiger partial charge in [0.05, 0.1) is 39.2 Å². The number of benzene rings is 3. The molecule has 3 atom stereocenters. The first kappa shape index (κ1) is 29.8. The zero-order valence-corrected chi connectivity index (χ0v) is 25.0. The van der Waals surface area contributed by atoms with Crippen molar-refractivity contribution in [2.75, 3.05) is 11.5 Å². The van der Waals surface area contributed by atoms with Crippen LogP contribution in [0.5, 0.6) is 0 Å². The summed E-state index contributed by atoms with van der Waals surface area (Å²) >= 11 is 6.39. The van der Waals surface area contributed by atoms with Crippen molar-refractivity contribution in [2.45, 2.75) is 20.3 Å². The number of pyridine rings is 1. The first-order valence-electron chi connectivity index (χ1n) is 14.2. The van der Waals surface area contributed by atoms with Crippen LogP contribution >= 0.6 is 11.6 Å². The predicted molar refractivity (Wildman–Crippen MR) is 167 cm³/mol. The smallest absolute Gasteiger partial charge is 0.339 e. The second kappa shape index (κ2) is 11.7. The van der Waals surface area contributed by atoms with Crippen molar-refractivity contribution in [2.24, 2.45) is 17.8 Å². The Hall–Kier alpha value is -5.22. The fraction of sp³-hybridized carbons (Fsp3) is 0.206. The molecule has 11 heteroatoms. The van der Waals surface area contributed by atoms with Gasteiger partial charge in [-0.1, -0.05) is 48.9 Å². The Kier molecular flexibility index (Phi) is 7.76. The summed E-state index contributed by atoms with van der Waals surface area (Å²) in [4.78, 5) is 68.8. The molecule has 4 aromatic rings. The van der Waals surface area contributed by atoms with Gasteiger partial charge < -0.3 is 4.74 Å². The number of carbonyl (C=O) groups is 4. The number of amides is 2. The summed E-state index contributed by atoms with van der Waals surface area (Å²) in [5.41, 5.74) is 2.75. The van der Waals surface area contributed by atoms with Gasteiger partial charge in [0.1, 0.15) is 0 Å². The van der Waals surface area contributed by atoms with Crippen molar-refractivity contribution < 1.29 is 28.8 Å². The van der Waals surface area contributed by atoms with Gasteiger partial charge in [-0.25, -0.2) is 9.78 Å². The van der Waals surface area contributed by atoms with Gasteiger partial charge in [-0.3, -0.25) is 29.4 Å². The van der Waals surface area contributed by atoms with Gasteiger partial charge in [-0.2, -0.15) is 0 Å². The van der Waals surface area contributed by atoms with Crippen molar-refractivity contribution in [1.82, 2.24) is 4.98 Å². The van der Waals surface area contributed by atoms with Crippen LogP contribution in [0.3, 0.4) is 0 Å². The summed E-state index contributed by atoms with van der Waals surface area (Å²) < 4.78 is 5.39. The number of aryl methyl sites for hydroxylation is 1. The van der Waals surface area contributed by atoms with Gasteiger partial charge in [0.15, 0.2) is 12.4 Å². The van der Waals surface area contributed by atoms with Crippen molar-refractivity contribution in [3.63, 3.8) is 0 Å². The third kappa shape index (κ3) is 5.38. The fourth-order valence-corrected chi connectivity index (χ4v) is 6.12. The van der Waals surface area contributed by atoms with Gasteiger partial charge in [-0.05, 0) is 61.2 Å². The fourth-order valence-electron chi connectivity index (χ4n) is 5.97. The number of aromatic nitrogens is 1. The number of ketones is 1. The van der Waals surface area contributed by atoms with E-state index in [-0.39, 0.29) is 46.4 Å². The average Bonchev–Trinajstić information content (AvgIpc) is 3.31. The number of non-ortho nitro benzene ring substituents is 1. The summed E-state index contributed by atoms with van der Waals surface area (Å²) in [6, 6.07) is 16.7. The molecule has 3 unspecified atom stereocenters. The van der Waals surface area contributed by atoms with E-state index in [1.165, 1.54) is 29.2 Å². The van der Waals surface area contributed by atoms with Crippen LogP contribution in [0.1, 0.15) is 39.6 Å². The zero-order chi connectivity index (χ0) is 32.0. The Labute approximate surface area is 262 Å². The lowest BCUT2D eigenvalue weighted by Gasteiger charge is -2.22. The summed E-state index contributed by atoms with van der Waals surface area (Å²) in [5, 5.41) is 11.8. The van der Waals surface area contributed by atoms with E-state index in [9.17, 15) is 29.3 Å². The largest absolute Gasteiger partial charge is 0.454 e. The molecule has 1 saturated heterocycles. The number of hydrogen-bond donors (Lipinski definition) is 0. The minimum atomic E-state index is -0.768. The molecule has 226 valence electrons. The minimum Gasteiger partial charge on any atom is -0.454 e. The monoisotopic (exact) mass is 623 g/mol. The number of hydrogen-bond acceptors (Lipinski definition) is 8. The van der Waals surface area contributed by atoms with Gasteiger partial charge in [0.2, 0.25) is 11.8 Å². The van der Waals surface area contributed by atoms with E-state index in [1.54, 1.807) is 49.4 Å². The second-order valence-corrected chi connectivity index (χ2v) is 11.5. The summed E-state index contributed by atoms with van der Waals surface area (Å²) in [6.07, 6.45) is 4.47. The molecule has 45 heavy (non-hydrogen) atoms. The molecule has 1 aromatic heterocycles. The first-order valence-corrected chi connectivity index (χ1v) is 14.6. The number of imide groups is 1. The predicted octanol–water partition coefficient (Wildman–Crippen LogP) is 6.51. The third-order valence-corrected chi connectivity index (χ3v) is 8.83. The normalized spacial score (nSPS) is 19.1. The molecular formula is C34H26ClN3O7. The zero-order valence-electron chi connectivity index (χ0n) is 24.2. The average molecular weight is 624 g/mol. The van der Waals surface area contributed by atoms with E-state index in [4.69, 9.17) is 21.3 Å². The minimum absolute atomic E-state index is 0.0241. The quantitative estimate of drug-likeness (QED) is 0.0567. The van der Waals surface area contributed by atoms with Crippen LogP contribution in [0.2, 0.25) is 5.02 Å². The molecule has 6 rings (SSSR count). The number of ether oxygens (including phenoxy) is 1. The second-order valence-electron chi connectivity index (χ2n) is 11.1. The Bertz CT molecular complexity index is 1940. The Morgan fingerprint density at radius 1 is 1.04 bits per heavy atom. The summed E-state index contributed by atoms with van der Waals surface area (Å²) in [7, 11) is 0. The molecule has 0 N–H and O–H groups in total. The van der Waals surface area contributed by atoms with Crippen molar-refractivity contribution in [1.29, 1.82) is 0 Å². The molecule has 1 aliphatic heterocycles. The lowest BCUT2D eigenvalue weighted by molar-refractivity contribution is -0.384. The number of Topliss-reactive ketones (excluding diaryl/α,β-unsaturated/α-hetero) is 1. The Morgan fingerprint density at radius 3 is 2.42 bits per heavy atom. The molecule has 3 aromatic carbocycles. The first-order chi connectivity index (χ1) is 21.5. The lowest BCUT2D eigenvalue weighted by atomic mass is 9.78. The highest BCUT2D eigenvalue weighted by atomic mass is 35.5. The van der Waals surface area contributed by atoms with Crippen LogP contribution in [0.15, 0.2) is 78.9 Å². The lowest BCUT2D eigenvalue weighted by Crippen LogP contribution is -2.31. The molecule has 0 radical (unpaired) electrons. The molecule has 0 spiro atoms. The van der Waals surface area contributed by atoms with Gasteiger partial charge in [0.25, 0.3) is 5.69 Å². The number of nitrogens with zero attached hydrogens (tertiary/aromatic N) is 3. The van der Waals surface area contributed by atoms with Crippen molar-refractivity contribution in [3.8, 4) is 11.3 Å². The van der Waals surface area contributed by atoms with Crippen LogP contribution in [0, 0.1) is 34.8 Å². The molecule has 1 fully saturated rings. The maximum atomic E-state index is 13.4. The number of nitro groups is 1. The Balaban J connectivity index is 1.29. The molecule has 10 nitrogen and oxygen atoms in total. The van der Waals surface area contributed by atoms with E-state index < -0.39 is 23.3 Å². The molecular weight excluding hydrogens is 598 g/mol. The van der Waals surface area contributed by atoms with E-state index >= 15 is 0 Å². The number of halogens is 1. The number of carbonyl (C=O) groups excluding carboxylic acids is 4. The van der Waals surface area contributed by atoms with Crippen LogP contribution in [-0.2, 0) is 14.3 Å². The summed E-state index contributed by atoms with van der Waals surface area (Å²) in [6.45, 7) is 3.14. The molecule has 0 bridgehead atoms. The maximum absolute atomic E-state index is 13.4. The van der Waals surface area contributed by atoms with Crippen LogP contribution in [0.25, 0.3) is 22.2 Å². The topological polar surface area (TPSA) is 137 Å². The van der Waals surface area contributed by atoms with Crippen LogP contribution in [0.4, 0.5) is 11.4 Å². The highest BCUT2D eigenvalue weighted by Crippen LogP contribution is 2.41.